The maximum absolute atomic E-state index is 12.0. The second kappa shape index (κ2) is 5.62. The van der Waals surface area contributed by atoms with Crippen LogP contribution in [0.4, 0.5) is 0 Å². The molecular formula is C15H15N5O. The monoisotopic (exact) mass is 281 g/mol. The Morgan fingerprint density at radius 2 is 1.95 bits per heavy atom. The van der Waals surface area contributed by atoms with E-state index < -0.39 is 0 Å². The first-order valence-corrected chi connectivity index (χ1v) is 6.61. The van der Waals surface area contributed by atoms with Crippen molar-refractivity contribution in [1.82, 2.24) is 25.7 Å². The minimum absolute atomic E-state index is 0.126. The first-order chi connectivity index (χ1) is 10.2. The number of aryl methyl sites for hydroxylation is 1. The topological polar surface area (TPSA) is 86.5 Å². The minimum Gasteiger partial charge on any atom is -0.348 e. The van der Waals surface area contributed by atoms with Gasteiger partial charge in [0, 0.05) is 18.4 Å². The predicted molar refractivity (Wildman–Crippen MR) is 78.5 cm³/mol. The number of amides is 1. The number of nitrogens with one attached hydrogen (secondary N) is 3. The van der Waals surface area contributed by atoms with E-state index in [4.69, 9.17) is 0 Å². The van der Waals surface area contributed by atoms with Crippen LogP contribution in [0.1, 0.15) is 21.6 Å². The van der Waals surface area contributed by atoms with E-state index in [9.17, 15) is 4.79 Å². The Kier molecular flexibility index (Phi) is 3.51. The van der Waals surface area contributed by atoms with Gasteiger partial charge in [0.15, 0.2) is 0 Å². The van der Waals surface area contributed by atoms with Crippen molar-refractivity contribution in [2.75, 3.05) is 0 Å². The van der Waals surface area contributed by atoms with Gasteiger partial charge in [-0.25, -0.2) is 0 Å². The fraction of sp³-hybridized carbons (Fsp3) is 0.133. The highest BCUT2D eigenvalue weighted by atomic mass is 16.1. The number of aromatic amines is 2. The van der Waals surface area contributed by atoms with Gasteiger partial charge >= 0.3 is 0 Å². The summed E-state index contributed by atoms with van der Waals surface area (Å²) in [6.07, 6.45) is 3.25. The summed E-state index contributed by atoms with van der Waals surface area (Å²) in [7, 11) is 0. The minimum atomic E-state index is -0.126. The van der Waals surface area contributed by atoms with Crippen LogP contribution < -0.4 is 5.32 Å². The molecule has 0 saturated heterocycles. The molecule has 1 amide bonds. The standard InChI is InChI=1S/C15H15N5O/c1-10-13(9-18-19-10)15(21)16-8-11-2-4-12(5-3-11)14-6-7-17-20-14/h2-7,9H,8H2,1H3,(H,16,21)(H,17,20)(H,18,19). The molecule has 6 heteroatoms. The zero-order chi connectivity index (χ0) is 14.7. The van der Waals surface area contributed by atoms with Crippen molar-refractivity contribution in [3.05, 3.63) is 59.5 Å². The maximum atomic E-state index is 12.0. The highest BCUT2D eigenvalue weighted by molar-refractivity contribution is 5.94. The molecule has 106 valence electrons. The van der Waals surface area contributed by atoms with Gasteiger partial charge in [0.2, 0.25) is 0 Å². The van der Waals surface area contributed by atoms with Gasteiger partial charge in [-0.2, -0.15) is 10.2 Å². The number of carbonyl (C=O) groups is 1. The van der Waals surface area contributed by atoms with Gasteiger partial charge in [0.25, 0.3) is 5.91 Å². The number of hydrogen-bond donors (Lipinski definition) is 3. The lowest BCUT2D eigenvalue weighted by Gasteiger charge is -2.05. The van der Waals surface area contributed by atoms with Gasteiger partial charge in [-0.1, -0.05) is 24.3 Å². The summed E-state index contributed by atoms with van der Waals surface area (Å²) in [6, 6.07) is 9.88. The molecule has 1 aromatic carbocycles. The number of benzene rings is 1. The Bertz CT molecular complexity index is 728. The molecule has 0 aliphatic rings. The SMILES string of the molecule is Cc1[nH]ncc1C(=O)NCc1ccc(-c2ccn[nH]2)cc1. The van der Waals surface area contributed by atoms with Gasteiger partial charge in [-0.05, 0) is 24.1 Å². The van der Waals surface area contributed by atoms with Crippen LogP contribution in [0, 0.1) is 6.92 Å². The van der Waals surface area contributed by atoms with Gasteiger partial charge < -0.3 is 5.32 Å². The lowest BCUT2D eigenvalue weighted by molar-refractivity contribution is 0.0950. The van der Waals surface area contributed by atoms with E-state index in [2.05, 4.69) is 25.7 Å². The third-order valence-electron chi connectivity index (χ3n) is 3.29. The second-order valence-electron chi connectivity index (χ2n) is 4.76. The van der Waals surface area contributed by atoms with Crippen LogP contribution >= 0.6 is 0 Å². The summed E-state index contributed by atoms with van der Waals surface area (Å²) in [6.45, 7) is 2.30. The smallest absolute Gasteiger partial charge is 0.255 e. The number of aromatic nitrogens is 4. The molecule has 0 saturated carbocycles. The Morgan fingerprint density at radius 3 is 2.57 bits per heavy atom. The molecule has 6 nitrogen and oxygen atoms in total. The quantitative estimate of drug-likeness (QED) is 0.684. The molecule has 3 aromatic rings. The predicted octanol–water partition coefficient (Wildman–Crippen LogP) is 2.04. The van der Waals surface area contributed by atoms with Gasteiger partial charge in [-0.15, -0.1) is 0 Å². The number of H-pyrrole nitrogens is 2. The van der Waals surface area contributed by atoms with Crippen molar-refractivity contribution in [2.45, 2.75) is 13.5 Å². The van der Waals surface area contributed by atoms with Crippen LogP contribution in [0.15, 0.2) is 42.7 Å². The van der Waals surface area contributed by atoms with E-state index in [1.165, 1.54) is 6.20 Å². The summed E-state index contributed by atoms with van der Waals surface area (Å²) in [4.78, 5) is 12.0. The van der Waals surface area contributed by atoms with E-state index in [0.717, 1.165) is 22.5 Å². The van der Waals surface area contributed by atoms with Crippen molar-refractivity contribution in [3.63, 3.8) is 0 Å². The molecule has 0 radical (unpaired) electrons. The van der Waals surface area contributed by atoms with Crippen LogP contribution in [0.3, 0.4) is 0 Å². The number of hydrogen-bond acceptors (Lipinski definition) is 3. The molecule has 2 aromatic heterocycles. The summed E-state index contributed by atoms with van der Waals surface area (Å²) >= 11 is 0. The molecule has 2 heterocycles. The molecule has 0 aliphatic heterocycles. The summed E-state index contributed by atoms with van der Waals surface area (Å²) < 4.78 is 0. The third-order valence-corrected chi connectivity index (χ3v) is 3.29. The molecular weight excluding hydrogens is 266 g/mol. The van der Waals surface area contributed by atoms with Crippen molar-refractivity contribution in [2.24, 2.45) is 0 Å². The largest absolute Gasteiger partial charge is 0.348 e. The van der Waals surface area contributed by atoms with E-state index >= 15 is 0 Å². The lowest BCUT2D eigenvalue weighted by Crippen LogP contribution is -2.23. The third kappa shape index (κ3) is 2.84. The Hall–Kier alpha value is -2.89. The van der Waals surface area contributed by atoms with Crippen molar-refractivity contribution < 1.29 is 4.79 Å². The fourth-order valence-corrected chi connectivity index (χ4v) is 2.08. The van der Waals surface area contributed by atoms with Crippen LogP contribution in [0.2, 0.25) is 0 Å². The van der Waals surface area contributed by atoms with E-state index in [1.807, 2.05) is 37.3 Å². The van der Waals surface area contributed by atoms with E-state index in [0.29, 0.717) is 12.1 Å². The molecule has 0 atom stereocenters. The Balaban J connectivity index is 1.64. The lowest BCUT2D eigenvalue weighted by atomic mass is 10.1. The Morgan fingerprint density at radius 1 is 1.14 bits per heavy atom. The van der Waals surface area contributed by atoms with Crippen molar-refractivity contribution in [1.29, 1.82) is 0 Å². The van der Waals surface area contributed by atoms with Gasteiger partial charge in [0.05, 0.1) is 17.5 Å². The first-order valence-electron chi connectivity index (χ1n) is 6.61. The molecule has 3 N–H and O–H groups in total. The normalized spacial score (nSPS) is 10.5. The Labute approximate surface area is 121 Å². The molecule has 0 unspecified atom stereocenters. The highest BCUT2D eigenvalue weighted by Gasteiger charge is 2.10. The van der Waals surface area contributed by atoms with Gasteiger partial charge in [-0.3, -0.25) is 15.0 Å². The molecule has 0 aliphatic carbocycles. The summed E-state index contributed by atoms with van der Waals surface area (Å²) in [5, 5.41) is 16.3. The van der Waals surface area contributed by atoms with Crippen molar-refractivity contribution in [3.8, 4) is 11.3 Å². The van der Waals surface area contributed by atoms with Crippen LogP contribution in [-0.2, 0) is 6.54 Å². The van der Waals surface area contributed by atoms with Crippen LogP contribution in [0.5, 0.6) is 0 Å². The fourth-order valence-electron chi connectivity index (χ4n) is 2.08. The molecule has 0 spiro atoms. The molecule has 0 fully saturated rings. The number of nitrogens with zero attached hydrogens (tertiary/aromatic N) is 2. The van der Waals surface area contributed by atoms with Crippen LogP contribution in [-0.4, -0.2) is 26.3 Å². The zero-order valence-electron chi connectivity index (χ0n) is 11.6. The maximum Gasteiger partial charge on any atom is 0.255 e. The number of rotatable bonds is 4. The van der Waals surface area contributed by atoms with Crippen LogP contribution in [0.25, 0.3) is 11.3 Å². The highest BCUT2D eigenvalue weighted by Crippen LogP contribution is 2.16. The van der Waals surface area contributed by atoms with Crippen molar-refractivity contribution >= 4 is 5.91 Å². The van der Waals surface area contributed by atoms with E-state index in [-0.39, 0.29) is 5.91 Å². The average molecular weight is 281 g/mol. The van der Waals surface area contributed by atoms with E-state index in [1.54, 1.807) is 6.20 Å². The van der Waals surface area contributed by atoms with Gasteiger partial charge in [0.1, 0.15) is 0 Å². The second-order valence-corrected chi connectivity index (χ2v) is 4.76. The summed E-state index contributed by atoms with van der Waals surface area (Å²) in [5.41, 5.74) is 4.41. The molecule has 3 rings (SSSR count). The first kappa shape index (κ1) is 13.1. The zero-order valence-corrected chi connectivity index (χ0v) is 11.6. The average Bonchev–Trinajstić information content (AvgIpc) is 3.16. The number of carbonyl (C=O) groups excluding carboxylic acids is 1. The summed E-state index contributed by atoms with van der Waals surface area (Å²) in [5.74, 6) is -0.126. The molecule has 21 heavy (non-hydrogen) atoms. The molecule has 0 bridgehead atoms.